The molecule has 6 nitrogen and oxygen atoms in total. The van der Waals surface area contributed by atoms with Crippen LogP contribution < -0.4 is 14.8 Å². The van der Waals surface area contributed by atoms with E-state index in [4.69, 9.17) is 9.47 Å². The van der Waals surface area contributed by atoms with Crippen molar-refractivity contribution in [2.75, 3.05) is 26.8 Å². The fraction of sp³-hybridized carbons (Fsp3) is 0.440. The second-order valence-electron chi connectivity index (χ2n) is 7.85. The van der Waals surface area contributed by atoms with E-state index in [1.165, 1.54) is 0 Å². The Kier molecular flexibility index (Phi) is 9.88. The van der Waals surface area contributed by atoms with Crippen molar-refractivity contribution >= 4 is 11.8 Å². The summed E-state index contributed by atoms with van der Waals surface area (Å²) < 4.78 is 10.8. The standard InChI is InChI=1S/C25H34N2O4/c1-5-23(25(29)26-17-19(2)3)27(16-15-20-9-7-6-8-10-20)24(28)18-31-22-13-11-21(30-4)12-14-22/h6-14,19,23H,5,15-18H2,1-4H3,(H,26,29)/t23-/m1/s1. The highest BCUT2D eigenvalue weighted by Gasteiger charge is 2.28. The first kappa shape index (κ1) is 24.3. The first-order valence-corrected chi connectivity index (χ1v) is 10.8. The minimum Gasteiger partial charge on any atom is -0.497 e. The van der Waals surface area contributed by atoms with Crippen molar-refractivity contribution in [3.05, 3.63) is 60.2 Å². The summed E-state index contributed by atoms with van der Waals surface area (Å²) in [5.41, 5.74) is 1.12. The van der Waals surface area contributed by atoms with Gasteiger partial charge in [0.15, 0.2) is 6.61 Å². The molecule has 0 saturated heterocycles. The largest absolute Gasteiger partial charge is 0.497 e. The van der Waals surface area contributed by atoms with Gasteiger partial charge in [0, 0.05) is 13.1 Å². The maximum absolute atomic E-state index is 13.1. The lowest BCUT2D eigenvalue weighted by atomic mass is 10.1. The molecule has 0 radical (unpaired) electrons. The Morgan fingerprint density at radius 3 is 2.23 bits per heavy atom. The second kappa shape index (κ2) is 12.6. The van der Waals surface area contributed by atoms with E-state index in [2.05, 4.69) is 5.32 Å². The van der Waals surface area contributed by atoms with Crippen molar-refractivity contribution < 1.29 is 19.1 Å². The van der Waals surface area contributed by atoms with Crippen molar-refractivity contribution in [1.29, 1.82) is 0 Å². The van der Waals surface area contributed by atoms with Crippen molar-refractivity contribution in [3.63, 3.8) is 0 Å². The van der Waals surface area contributed by atoms with Gasteiger partial charge in [-0.3, -0.25) is 9.59 Å². The molecule has 0 saturated carbocycles. The highest BCUT2D eigenvalue weighted by molar-refractivity contribution is 5.88. The van der Waals surface area contributed by atoms with Crippen LogP contribution in [0.1, 0.15) is 32.8 Å². The van der Waals surface area contributed by atoms with Crippen molar-refractivity contribution in [3.8, 4) is 11.5 Å². The van der Waals surface area contributed by atoms with Gasteiger partial charge in [-0.25, -0.2) is 0 Å². The lowest BCUT2D eigenvalue weighted by molar-refractivity contribution is -0.142. The molecule has 0 fully saturated rings. The lowest BCUT2D eigenvalue weighted by Gasteiger charge is -2.30. The van der Waals surface area contributed by atoms with Gasteiger partial charge in [0.25, 0.3) is 5.91 Å². The van der Waals surface area contributed by atoms with E-state index in [0.29, 0.717) is 37.6 Å². The van der Waals surface area contributed by atoms with E-state index >= 15 is 0 Å². The molecule has 1 atom stereocenters. The van der Waals surface area contributed by atoms with Crippen molar-refractivity contribution in [2.45, 2.75) is 39.7 Å². The molecular weight excluding hydrogens is 392 g/mol. The number of ether oxygens (including phenoxy) is 2. The zero-order chi connectivity index (χ0) is 22.6. The number of carbonyl (C=O) groups excluding carboxylic acids is 2. The number of nitrogens with zero attached hydrogens (tertiary/aromatic N) is 1. The number of benzene rings is 2. The summed E-state index contributed by atoms with van der Waals surface area (Å²) >= 11 is 0. The molecule has 2 aromatic carbocycles. The van der Waals surface area contributed by atoms with Crippen LogP contribution in [-0.4, -0.2) is 49.6 Å². The topological polar surface area (TPSA) is 67.9 Å². The lowest BCUT2D eigenvalue weighted by Crippen LogP contribution is -2.51. The molecule has 6 heteroatoms. The molecule has 0 aliphatic carbocycles. The van der Waals surface area contributed by atoms with E-state index in [1.54, 1.807) is 36.3 Å². The first-order valence-electron chi connectivity index (χ1n) is 10.8. The van der Waals surface area contributed by atoms with Crippen LogP contribution in [0.15, 0.2) is 54.6 Å². The minimum atomic E-state index is -0.533. The normalized spacial score (nSPS) is 11.6. The third kappa shape index (κ3) is 7.96. The summed E-state index contributed by atoms with van der Waals surface area (Å²) in [4.78, 5) is 27.6. The fourth-order valence-corrected chi connectivity index (χ4v) is 3.22. The number of methoxy groups -OCH3 is 1. The van der Waals surface area contributed by atoms with E-state index in [9.17, 15) is 9.59 Å². The monoisotopic (exact) mass is 426 g/mol. The van der Waals surface area contributed by atoms with E-state index in [0.717, 1.165) is 11.3 Å². The van der Waals surface area contributed by atoms with Crippen LogP contribution in [0.3, 0.4) is 0 Å². The quantitative estimate of drug-likeness (QED) is 0.562. The maximum Gasteiger partial charge on any atom is 0.261 e. The second-order valence-corrected chi connectivity index (χ2v) is 7.85. The molecule has 31 heavy (non-hydrogen) atoms. The fourth-order valence-electron chi connectivity index (χ4n) is 3.22. The Morgan fingerprint density at radius 2 is 1.65 bits per heavy atom. The van der Waals surface area contributed by atoms with Gasteiger partial charge in [0.2, 0.25) is 5.91 Å². The molecule has 0 bridgehead atoms. The number of rotatable bonds is 12. The van der Waals surface area contributed by atoms with Crippen LogP contribution in [0, 0.1) is 5.92 Å². The molecule has 0 aromatic heterocycles. The summed E-state index contributed by atoms with van der Waals surface area (Å²) in [6.07, 6.45) is 1.20. The Labute approximate surface area is 185 Å². The Hall–Kier alpha value is -3.02. The van der Waals surface area contributed by atoms with Crippen LogP contribution in [-0.2, 0) is 16.0 Å². The highest BCUT2D eigenvalue weighted by Crippen LogP contribution is 2.17. The van der Waals surface area contributed by atoms with Crippen LogP contribution in [0.5, 0.6) is 11.5 Å². The third-order valence-corrected chi connectivity index (χ3v) is 4.98. The van der Waals surface area contributed by atoms with Gasteiger partial charge in [-0.1, -0.05) is 51.1 Å². The molecule has 0 unspecified atom stereocenters. The molecule has 2 amide bonds. The molecule has 0 spiro atoms. The van der Waals surface area contributed by atoms with E-state index in [-0.39, 0.29) is 18.4 Å². The van der Waals surface area contributed by atoms with Gasteiger partial charge >= 0.3 is 0 Å². The van der Waals surface area contributed by atoms with Crippen LogP contribution in [0.4, 0.5) is 0 Å². The third-order valence-electron chi connectivity index (χ3n) is 4.98. The zero-order valence-electron chi connectivity index (χ0n) is 19.0. The predicted molar refractivity (Wildman–Crippen MR) is 122 cm³/mol. The Balaban J connectivity index is 2.09. The van der Waals surface area contributed by atoms with Crippen molar-refractivity contribution in [2.24, 2.45) is 5.92 Å². The first-order chi connectivity index (χ1) is 14.9. The van der Waals surface area contributed by atoms with Gasteiger partial charge in [-0.2, -0.15) is 0 Å². The molecular formula is C25H34N2O4. The van der Waals surface area contributed by atoms with E-state index < -0.39 is 6.04 Å². The zero-order valence-corrected chi connectivity index (χ0v) is 19.0. The Bertz CT molecular complexity index is 806. The van der Waals surface area contributed by atoms with E-state index in [1.807, 2.05) is 51.1 Å². The van der Waals surface area contributed by atoms with Crippen LogP contribution in [0.2, 0.25) is 0 Å². The van der Waals surface area contributed by atoms with Crippen LogP contribution >= 0.6 is 0 Å². The molecule has 1 N–H and O–H groups in total. The SMILES string of the molecule is CC[C@H](C(=O)NCC(C)C)N(CCc1ccccc1)C(=O)COc1ccc(OC)cc1. The Morgan fingerprint density at radius 1 is 1.00 bits per heavy atom. The highest BCUT2D eigenvalue weighted by atomic mass is 16.5. The van der Waals surface area contributed by atoms with Gasteiger partial charge in [-0.15, -0.1) is 0 Å². The summed E-state index contributed by atoms with van der Waals surface area (Å²) in [5.74, 6) is 1.30. The number of hydrogen-bond donors (Lipinski definition) is 1. The predicted octanol–water partition coefficient (Wildman–Crippen LogP) is 3.70. The van der Waals surface area contributed by atoms with Crippen LogP contribution in [0.25, 0.3) is 0 Å². The summed E-state index contributed by atoms with van der Waals surface area (Å²) in [6, 6.07) is 16.5. The number of hydrogen-bond acceptors (Lipinski definition) is 4. The van der Waals surface area contributed by atoms with Crippen molar-refractivity contribution in [1.82, 2.24) is 10.2 Å². The molecule has 0 heterocycles. The average molecular weight is 427 g/mol. The molecule has 2 rings (SSSR count). The number of carbonyl (C=O) groups is 2. The minimum absolute atomic E-state index is 0.123. The smallest absolute Gasteiger partial charge is 0.261 e. The molecule has 168 valence electrons. The van der Waals surface area contributed by atoms with Gasteiger partial charge in [-0.05, 0) is 48.6 Å². The van der Waals surface area contributed by atoms with Gasteiger partial charge in [0.05, 0.1) is 7.11 Å². The maximum atomic E-state index is 13.1. The van der Waals surface area contributed by atoms with Gasteiger partial charge in [0.1, 0.15) is 17.5 Å². The molecule has 0 aliphatic heterocycles. The summed E-state index contributed by atoms with van der Waals surface area (Å²) in [5, 5.41) is 2.97. The molecule has 2 aromatic rings. The van der Waals surface area contributed by atoms with Gasteiger partial charge < -0.3 is 19.7 Å². The average Bonchev–Trinajstić information content (AvgIpc) is 2.79. The number of amides is 2. The molecule has 0 aliphatic rings. The number of nitrogens with one attached hydrogen (secondary N) is 1. The summed E-state index contributed by atoms with van der Waals surface area (Å²) in [6.45, 7) is 6.91. The summed E-state index contributed by atoms with van der Waals surface area (Å²) in [7, 11) is 1.60.